The van der Waals surface area contributed by atoms with E-state index in [4.69, 9.17) is 10.6 Å². The SMILES string of the molecule is CCN=C(NN)NN1CCOCC1. The van der Waals surface area contributed by atoms with Gasteiger partial charge in [0.1, 0.15) is 0 Å². The van der Waals surface area contributed by atoms with Crippen molar-refractivity contribution in [2.24, 2.45) is 10.8 Å². The van der Waals surface area contributed by atoms with Crippen molar-refractivity contribution in [2.45, 2.75) is 6.92 Å². The Bertz CT molecular complexity index is 166. The fraction of sp³-hybridized carbons (Fsp3) is 0.857. The lowest BCUT2D eigenvalue weighted by Gasteiger charge is -2.27. The lowest BCUT2D eigenvalue weighted by atomic mass is 10.5. The smallest absolute Gasteiger partial charge is 0.220 e. The lowest BCUT2D eigenvalue weighted by Crippen LogP contribution is -2.54. The Labute approximate surface area is 78.1 Å². The van der Waals surface area contributed by atoms with Crippen LogP contribution in [0.15, 0.2) is 4.99 Å². The number of aliphatic imine (C=N–C) groups is 1. The predicted molar refractivity (Wildman–Crippen MR) is 50.8 cm³/mol. The largest absolute Gasteiger partial charge is 0.379 e. The summed E-state index contributed by atoms with van der Waals surface area (Å²) in [5.41, 5.74) is 5.58. The number of nitrogens with two attached hydrogens (primary N) is 1. The average molecular weight is 187 g/mol. The molecule has 1 saturated heterocycles. The van der Waals surface area contributed by atoms with Crippen LogP contribution in [0.3, 0.4) is 0 Å². The number of nitrogens with one attached hydrogen (secondary N) is 2. The highest BCUT2D eigenvalue weighted by molar-refractivity contribution is 5.78. The van der Waals surface area contributed by atoms with E-state index in [2.05, 4.69) is 15.8 Å². The van der Waals surface area contributed by atoms with E-state index in [0.29, 0.717) is 12.5 Å². The van der Waals surface area contributed by atoms with E-state index in [1.165, 1.54) is 0 Å². The van der Waals surface area contributed by atoms with Gasteiger partial charge in [-0.25, -0.2) is 10.9 Å². The molecule has 1 fully saturated rings. The molecule has 0 aromatic heterocycles. The quantitative estimate of drug-likeness (QED) is 0.216. The van der Waals surface area contributed by atoms with Crippen LogP contribution in [0, 0.1) is 0 Å². The first-order chi connectivity index (χ1) is 6.36. The molecule has 0 spiro atoms. The van der Waals surface area contributed by atoms with Gasteiger partial charge in [0.2, 0.25) is 5.96 Å². The molecule has 0 amide bonds. The second-order valence-corrected chi connectivity index (χ2v) is 2.68. The van der Waals surface area contributed by atoms with Crippen LogP contribution in [0.25, 0.3) is 0 Å². The van der Waals surface area contributed by atoms with Crippen LogP contribution in [0.5, 0.6) is 0 Å². The minimum Gasteiger partial charge on any atom is -0.379 e. The van der Waals surface area contributed by atoms with E-state index in [-0.39, 0.29) is 0 Å². The Morgan fingerprint density at radius 3 is 2.77 bits per heavy atom. The highest BCUT2D eigenvalue weighted by atomic mass is 16.5. The van der Waals surface area contributed by atoms with E-state index >= 15 is 0 Å². The number of guanidine groups is 1. The molecular weight excluding hydrogens is 170 g/mol. The maximum absolute atomic E-state index is 5.27. The van der Waals surface area contributed by atoms with Crippen LogP contribution in [0.1, 0.15) is 6.92 Å². The zero-order valence-electron chi connectivity index (χ0n) is 7.92. The van der Waals surface area contributed by atoms with Gasteiger partial charge in [0.15, 0.2) is 0 Å². The zero-order valence-corrected chi connectivity index (χ0v) is 7.92. The van der Waals surface area contributed by atoms with Crippen molar-refractivity contribution >= 4 is 5.96 Å². The van der Waals surface area contributed by atoms with Crippen molar-refractivity contribution in [3.8, 4) is 0 Å². The number of hydrogen-bond donors (Lipinski definition) is 3. The first kappa shape index (κ1) is 10.2. The highest BCUT2D eigenvalue weighted by Crippen LogP contribution is 1.91. The third kappa shape index (κ3) is 3.58. The second-order valence-electron chi connectivity index (χ2n) is 2.68. The van der Waals surface area contributed by atoms with E-state index < -0.39 is 0 Å². The molecule has 0 atom stereocenters. The van der Waals surface area contributed by atoms with Crippen molar-refractivity contribution in [1.29, 1.82) is 0 Å². The van der Waals surface area contributed by atoms with E-state index in [1.54, 1.807) is 0 Å². The Kier molecular flexibility index (Phi) is 4.52. The number of morpholine rings is 1. The summed E-state index contributed by atoms with van der Waals surface area (Å²) in [4.78, 5) is 4.12. The van der Waals surface area contributed by atoms with Crippen molar-refractivity contribution in [3.63, 3.8) is 0 Å². The first-order valence-electron chi connectivity index (χ1n) is 4.47. The number of rotatable bonds is 2. The molecule has 4 N–H and O–H groups in total. The fourth-order valence-electron chi connectivity index (χ4n) is 1.10. The fourth-order valence-corrected chi connectivity index (χ4v) is 1.10. The van der Waals surface area contributed by atoms with Gasteiger partial charge >= 0.3 is 0 Å². The predicted octanol–water partition coefficient (Wildman–Crippen LogP) is -1.34. The molecule has 0 bridgehead atoms. The first-order valence-corrected chi connectivity index (χ1v) is 4.47. The molecule has 1 rings (SSSR count). The lowest BCUT2D eigenvalue weighted by molar-refractivity contribution is 0.0242. The summed E-state index contributed by atoms with van der Waals surface area (Å²) in [6.45, 7) is 5.86. The third-order valence-corrected chi connectivity index (χ3v) is 1.73. The average Bonchev–Trinajstić information content (AvgIpc) is 2.19. The van der Waals surface area contributed by atoms with Gasteiger partial charge in [0.25, 0.3) is 0 Å². The van der Waals surface area contributed by atoms with Crippen molar-refractivity contribution in [1.82, 2.24) is 15.9 Å². The van der Waals surface area contributed by atoms with Crippen molar-refractivity contribution in [3.05, 3.63) is 0 Å². The molecule has 0 aromatic carbocycles. The van der Waals surface area contributed by atoms with Gasteiger partial charge in [-0.15, -0.1) is 0 Å². The van der Waals surface area contributed by atoms with Crippen LogP contribution in [-0.4, -0.2) is 43.8 Å². The Balaban J connectivity index is 2.31. The van der Waals surface area contributed by atoms with Gasteiger partial charge in [-0.3, -0.25) is 15.8 Å². The van der Waals surface area contributed by atoms with E-state index in [9.17, 15) is 0 Å². The Morgan fingerprint density at radius 1 is 1.54 bits per heavy atom. The Hall–Kier alpha value is -0.850. The van der Waals surface area contributed by atoms with Crippen LogP contribution < -0.4 is 16.7 Å². The molecule has 0 saturated carbocycles. The number of hydrogen-bond acceptors (Lipinski definition) is 4. The molecule has 6 heteroatoms. The van der Waals surface area contributed by atoms with Gasteiger partial charge in [-0.2, -0.15) is 0 Å². The number of ether oxygens (including phenoxy) is 1. The zero-order chi connectivity index (χ0) is 9.52. The molecule has 0 radical (unpaired) electrons. The Morgan fingerprint density at radius 2 is 2.23 bits per heavy atom. The molecule has 0 aromatic rings. The van der Waals surface area contributed by atoms with Crippen molar-refractivity contribution in [2.75, 3.05) is 32.8 Å². The third-order valence-electron chi connectivity index (χ3n) is 1.73. The number of hydrazine groups is 2. The van der Waals surface area contributed by atoms with Gasteiger partial charge in [-0.05, 0) is 6.92 Å². The summed E-state index contributed by atoms with van der Waals surface area (Å²) in [7, 11) is 0. The molecular formula is C7H17N5O. The topological polar surface area (TPSA) is 74.9 Å². The minimum atomic E-state index is 0.601. The van der Waals surface area contributed by atoms with E-state index in [0.717, 1.165) is 26.3 Å². The van der Waals surface area contributed by atoms with Crippen LogP contribution in [0.2, 0.25) is 0 Å². The summed E-state index contributed by atoms with van der Waals surface area (Å²) in [5, 5.41) is 2.03. The minimum absolute atomic E-state index is 0.601. The van der Waals surface area contributed by atoms with Crippen LogP contribution in [0.4, 0.5) is 0 Å². The maximum Gasteiger partial charge on any atom is 0.220 e. The molecule has 1 aliphatic heterocycles. The molecule has 1 heterocycles. The second kappa shape index (κ2) is 5.74. The van der Waals surface area contributed by atoms with Crippen molar-refractivity contribution < 1.29 is 4.74 Å². The van der Waals surface area contributed by atoms with Gasteiger partial charge in [0.05, 0.1) is 13.2 Å². The molecule has 1 aliphatic rings. The van der Waals surface area contributed by atoms with Gasteiger partial charge in [0, 0.05) is 19.6 Å². The van der Waals surface area contributed by atoms with Gasteiger partial charge in [-0.1, -0.05) is 0 Å². The summed E-state index contributed by atoms with van der Waals surface area (Å²) >= 11 is 0. The summed E-state index contributed by atoms with van der Waals surface area (Å²) in [6.07, 6.45) is 0. The summed E-state index contributed by atoms with van der Waals surface area (Å²) in [5.74, 6) is 5.88. The molecule has 13 heavy (non-hydrogen) atoms. The summed E-state index contributed by atoms with van der Waals surface area (Å²) < 4.78 is 5.20. The maximum atomic E-state index is 5.27. The monoisotopic (exact) mass is 187 g/mol. The van der Waals surface area contributed by atoms with Crippen LogP contribution >= 0.6 is 0 Å². The molecule has 6 nitrogen and oxygen atoms in total. The highest BCUT2D eigenvalue weighted by Gasteiger charge is 2.10. The molecule has 0 unspecified atom stereocenters. The summed E-state index contributed by atoms with van der Waals surface area (Å²) in [6, 6.07) is 0. The normalized spacial score (nSPS) is 20.0. The standard InChI is InChI=1S/C7H17N5O/c1-2-9-7(10-8)11-12-3-5-13-6-4-12/h2-6,8H2,1H3,(H2,9,10,11). The van der Waals surface area contributed by atoms with Gasteiger partial charge < -0.3 is 4.74 Å². The van der Waals surface area contributed by atoms with E-state index in [1.807, 2.05) is 11.9 Å². The number of nitrogens with zero attached hydrogens (tertiary/aromatic N) is 2. The molecule has 76 valence electrons. The van der Waals surface area contributed by atoms with Crippen LogP contribution in [-0.2, 0) is 4.74 Å². The molecule has 0 aliphatic carbocycles.